The average Bonchev–Trinajstić information content (AvgIpc) is 2.36. The number of nitrogens with zero attached hydrogens (tertiary/aromatic N) is 1. The summed E-state index contributed by atoms with van der Waals surface area (Å²) in [5.41, 5.74) is 0. The van der Waals surface area contributed by atoms with Crippen molar-refractivity contribution in [2.24, 2.45) is 0 Å². The van der Waals surface area contributed by atoms with Crippen LogP contribution < -0.4 is 4.74 Å². The minimum Gasteiger partial charge on any atom is -0.489 e. The van der Waals surface area contributed by atoms with Gasteiger partial charge in [0.15, 0.2) is 0 Å². The van der Waals surface area contributed by atoms with E-state index < -0.39 is 6.10 Å². The molecule has 1 fully saturated rings. The van der Waals surface area contributed by atoms with Gasteiger partial charge in [-0.2, -0.15) is 0 Å². The van der Waals surface area contributed by atoms with Crippen LogP contribution in [-0.2, 0) is 4.74 Å². The molecule has 5 heteroatoms. The van der Waals surface area contributed by atoms with Gasteiger partial charge in [0.25, 0.3) is 0 Å². The van der Waals surface area contributed by atoms with Gasteiger partial charge >= 0.3 is 0 Å². The van der Waals surface area contributed by atoms with Gasteiger partial charge in [-0.05, 0) is 26.0 Å². The van der Waals surface area contributed by atoms with Crippen molar-refractivity contribution < 1.29 is 14.6 Å². The molecule has 0 radical (unpaired) electrons. The monoisotopic (exact) mass is 299 g/mol. The molecular formula is C15H22ClNO3. The molecule has 3 atom stereocenters. The van der Waals surface area contributed by atoms with E-state index in [1.54, 1.807) is 12.1 Å². The lowest BCUT2D eigenvalue weighted by Gasteiger charge is -2.36. The largest absolute Gasteiger partial charge is 0.489 e. The molecule has 112 valence electrons. The minimum absolute atomic E-state index is 0.204. The first-order chi connectivity index (χ1) is 9.54. The first kappa shape index (κ1) is 15.6. The number of β-amino-alcohol motifs (C(OH)–C–C–N with tert-alkyl or cyclic N) is 1. The summed E-state index contributed by atoms with van der Waals surface area (Å²) in [6.07, 6.45) is -0.130. The molecule has 0 bridgehead atoms. The quantitative estimate of drug-likeness (QED) is 0.905. The van der Waals surface area contributed by atoms with Crippen LogP contribution in [0.1, 0.15) is 13.8 Å². The molecular weight excluding hydrogens is 278 g/mol. The standard InChI is InChI=1S/C15H22ClNO3/c1-11-7-17(8-12(2)20-11)9-13(18)10-19-15-6-4-3-5-14(15)16/h3-6,11-13,18H,7-10H2,1-2H3/t11-,12-,13-/m0/s1. The van der Waals surface area contributed by atoms with Crippen LogP contribution in [0.4, 0.5) is 0 Å². The number of aliphatic hydroxyl groups excluding tert-OH is 1. The zero-order valence-electron chi connectivity index (χ0n) is 12.0. The molecule has 20 heavy (non-hydrogen) atoms. The first-order valence-corrected chi connectivity index (χ1v) is 7.35. The van der Waals surface area contributed by atoms with Gasteiger partial charge in [0.1, 0.15) is 18.5 Å². The maximum Gasteiger partial charge on any atom is 0.138 e. The Morgan fingerprint density at radius 1 is 1.35 bits per heavy atom. The number of hydrogen-bond acceptors (Lipinski definition) is 4. The van der Waals surface area contributed by atoms with E-state index in [1.165, 1.54) is 0 Å². The van der Waals surface area contributed by atoms with Gasteiger partial charge in [0.05, 0.1) is 17.2 Å². The van der Waals surface area contributed by atoms with E-state index in [9.17, 15) is 5.11 Å². The maximum atomic E-state index is 10.1. The molecule has 1 aliphatic rings. The van der Waals surface area contributed by atoms with Crippen molar-refractivity contribution in [3.05, 3.63) is 29.3 Å². The van der Waals surface area contributed by atoms with Gasteiger partial charge in [0, 0.05) is 19.6 Å². The number of ether oxygens (including phenoxy) is 2. The predicted molar refractivity (Wildman–Crippen MR) is 79.4 cm³/mol. The highest BCUT2D eigenvalue weighted by Gasteiger charge is 2.23. The second-order valence-electron chi connectivity index (χ2n) is 5.37. The van der Waals surface area contributed by atoms with E-state index in [2.05, 4.69) is 18.7 Å². The van der Waals surface area contributed by atoms with Crippen LogP contribution in [0.2, 0.25) is 5.02 Å². The van der Waals surface area contributed by atoms with Gasteiger partial charge < -0.3 is 14.6 Å². The number of morpholine rings is 1. The zero-order chi connectivity index (χ0) is 14.5. The fourth-order valence-corrected chi connectivity index (χ4v) is 2.72. The molecule has 4 nitrogen and oxygen atoms in total. The summed E-state index contributed by atoms with van der Waals surface area (Å²) in [4.78, 5) is 2.21. The predicted octanol–water partition coefficient (Wildman–Crippen LogP) is 2.19. The SMILES string of the molecule is C[C@H]1CN(C[C@H](O)COc2ccccc2Cl)C[C@H](C)O1. The Labute approximate surface area is 125 Å². The van der Waals surface area contributed by atoms with E-state index in [1.807, 2.05) is 12.1 Å². The molecule has 0 saturated carbocycles. The third-order valence-electron chi connectivity index (χ3n) is 3.23. The molecule has 1 aliphatic heterocycles. The van der Waals surface area contributed by atoms with Crippen LogP contribution in [-0.4, -0.2) is 54.6 Å². The van der Waals surface area contributed by atoms with E-state index >= 15 is 0 Å². The number of aliphatic hydroxyl groups is 1. The Hall–Kier alpha value is -0.810. The van der Waals surface area contributed by atoms with Crippen molar-refractivity contribution in [2.45, 2.75) is 32.2 Å². The smallest absolute Gasteiger partial charge is 0.138 e. The Morgan fingerprint density at radius 2 is 2.00 bits per heavy atom. The van der Waals surface area contributed by atoms with Crippen LogP contribution in [0, 0.1) is 0 Å². The molecule has 0 spiro atoms. The molecule has 1 saturated heterocycles. The maximum absolute atomic E-state index is 10.1. The van der Waals surface area contributed by atoms with Crippen LogP contribution in [0.25, 0.3) is 0 Å². The fraction of sp³-hybridized carbons (Fsp3) is 0.600. The van der Waals surface area contributed by atoms with Gasteiger partial charge in [-0.15, -0.1) is 0 Å². The summed E-state index contributed by atoms with van der Waals surface area (Å²) in [5.74, 6) is 0.608. The van der Waals surface area contributed by atoms with Gasteiger partial charge in [-0.1, -0.05) is 23.7 Å². The van der Waals surface area contributed by atoms with E-state index in [4.69, 9.17) is 21.1 Å². The zero-order valence-corrected chi connectivity index (χ0v) is 12.7. The molecule has 1 aromatic rings. The van der Waals surface area contributed by atoms with E-state index in [-0.39, 0.29) is 18.8 Å². The number of para-hydroxylation sites is 1. The highest BCUT2D eigenvalue weighted by molar-refractivity contribution is 6.32. The van der Waals surface area contributed by atoms with Crippen LogP contribution in [0.15, 0.2) is 24.3 Å². The summed E-state index contributed by atoms with van der Waals surface area (Å²) in [6, 6.07) is 7.28. The van der Waals surface area contributed by atoms with Crippen molar-refractivity contribution >= 4 is 11.6 Å². The van der Waals surface area contributed by atoms with Crippen molar-refractivity contribution in [1.82, 2.24) is 4.90 Å². The Kier molecular flexibility index (Phi) is 5.66. The lowest BCUT2D eigenvalue weighted by molar-refractivity contribution is -0.0786. The van der Waals surface area contributed by atoms with E-state index in [0.717, 1.165) is 13.1 Å². The van der Waals surface area contributed by atoms with Crippen LogP contribution >= 0.6 is 11.6 Å². The molecule has 1 aromatic carbocycles. The minimum atomic E-state index is -0.538. The fourth-order valence-electron chi connectivity index (χ4n) is 2.53. The van der Waals surface area contributed by atoms with E-state index in [0.29, 0.717) is 17.3 Å². The van der Waals surface area contributed by atoms with Crippen molar-refractivity contribution in [3.8, 4) is 5.75 Å². The topological polar surface area (TPSA) is 41.9 Å². The average molecular weight is 300 g/mol. The summed E-state index contributed by atoms with van der Waals surface area (Å²) < 4.78 is 11.2. The Balaban J connectivity index is 1.78. The van der Waals surface area contributed by atoms with Gasteiger partial charge in [-0.25, -0.2) is 0 Å². The number of hydrogen-bond donors (Lipinski definition) is 1. The first-order valence-electron chi connectivity index (χ1n) is 6.98. The lowest BCUT2D eigenvalue weighted by Crippen LogP contribution is -2.48. The third kappa shape index (κ3) is 4.63. The van der Waals surface area contributed by atoms with Crippen molar-refractivity contribution in [1.29, 1.82) is 0 Å². The summed E-state index contributed by atoms with van der Waals surface area (Å²) in [5, 5.41) is 10.6. The molecule has 1 heterocycles. The Bertz CT molecular complexity index is 419. The molecule has 0 unspecified atom stereocenters. The van der Waals surface area contributed by atoms with Crippen molar-refractivity contribution in [2.75, 3.05) is 26.2 Å². The van der Waals surface area contributed by atoms with Crippen LogP contribution in [0.5, 0.6) is 5.75 Å². The third-order valence-corrected chi connectivity index (χ3v) is 3.54. The van der Waals surface area contributed by atoms with Crippen LogP contribution in [0.3, 0.4) is 0 Å². The van der Waals surface area contributed by atoms with Gasteiger partial charge in [0.2, 0.25) is 0 Å². The second-order valence-corrected chi connectivity index (χ2v) is 5.78. The van der Waals surface area contributed by atoms with Crippen molar-refractivity contribution in [3.63, 3.8) is 0 Å². The molecule has 1 N–H and O–H groups in total. The number of benzene rings is 1. The molecule has 0 aliphatic carbocycles. The normalized spacial score (nSPS) is 25.4. The second kappa shape index (κ2) is 7.27. The Morgan fingerprint density at radius 3 is 2.65 bits per heavy atom. The molecule has 2 rings (SSSR count). The highest BCUT2D eigenvalue weighted by atomic mass is 35.5. The number of rotatable bonds is 5. The highest BCUT2D eigenvalue weighted by Crippen LogP contribution is 2.23. The molecule has 0 aromatic heterocycles. The lowest BCUT2D eigenvalue weighted by atomic mass is 10.2. The number of halogens is 1. The summed E-state index contributed by atoms with van der Waals surface area (Å²) in [7, 11) is 0. The van der Waals surface area contributed by atoms with Gasteiger partial charge in [-0.3, -0.25) is 4.90 Å². The molecule has 0 amide bonds. The summed E-state index contributed by atoms with van der Waals surface area (Å²) >= 11 is 6.00. The summed E-state index contributed by atoms with van der Waals surface area (Å²) in [6.45, 7) is 6.61.